The lowest BCUT2D eigenvalue weighted by molar-refractivity contribution is 0.414. The average Bonchev–Trinajstić information content (AvgIpc) is 3.01. The summed E-state index contributed by atoms with van der Waals surface area (Å²) in [5, 5.41) is 2.29. The molecule has 4 rings (SSSR count). The van der Waals surface area contributed by atoms with E-state index in [-0.39, 0.29) is 0 Å². The van der Waals surface area contributed by atoms with Gasteiger partial charge in [0.25, 0.3) is 0 Å². The molecule has 2 heterocycles. The number of fused-ring (bicyclic) bond motifs is 3. The summed E-state index contributed by atoms with van der Waals surface area (Å²) in [6.07, 6.45) is 1.84. The number of hydrogen-bond acceptors (Lipinski definition) is 2. The molecule has 0 bridgehead atoms. The van der Waals surface area contributed by atoms with Gasteiger partial charge in [0, 0.05) is 22.5 Å². The first-order valence-electron chi connectivity index (χ1n) is 7.79. The zero-order valence-electron chi connectivity index (χ0n) is 13.6. The third-order valence-electron chi connectivity index (χ3n) is 4.17. The highest BCUT2D eigenvalue weighted by molar-refractivity contribution is 6.10. The van der Waals surface area contributed by atoms with E-state index in [9.17, 15) is 0 Å². The first kappa shape index (κ1) is 14.3. The van der Waals surface area contributed by atoms with E-state index in [1.807, 2.05) is 55.6 Å². The van der Waals surface area contributed by atoms with Gasteiger partial charge < -0.3 is 9.72 Å². The number of methoxy groups -OCH3 is 1. The Balaban J connectivity index is 2.01. The van der Waals surface area contributed by atoms with Crippen molar-refractivity contribution in [2.45, 2.75) is 6.92 Å². The zero-order valence-corrected chi connectivity index (χ0v) is 13.6. The predicted octanol–water partition coefficient (Wildman–Crippen LogP) is 4.43. The number of pyridine rings is 1. The third kappa shape index (κ3) is 2.29. The number of aromatic nitrogens is 2. The summed E-state index contributed by atoms with van der Waals surface area (Å²) in [5.41, 5.74) is 4.86. The van der Waals surface area contributed by atoms with E-state index in [1.54, 1.807) is 7.11 Å². The SMILES string of the molecule is COc1ccc2c([nH]c3c(C)nccc32)c1C#Cc1ccccc1. The maximum atomic E-state index is 5.53. The van der Waals surface area contributed by atoms with Crippen LogP contribution in [0, 0.1) is 18.8 Å². The lowest BCUT2D eigenvalue weighted by atomic mass is 10.1. The Morgan fingerprint density at radius 3 is 2.50 bits per heavy atom. The van der Waals surface area contributed by atoms with Gasteiger partial charge >= 0.3 is 0 Å². The fraction of sp³-hybridized carbons (Fsp3) is 0.0952. The van der Waals surface area contributed by atoms with Crippen LogP contribution in [-0.4, -0.2) is 17.1 Å². The second kappa shape index (κ2) is 5.75. The molecule has 0 aliphatic carbocycles. The van der Waals surface area contributed by atoms with E-state index in [4.69, 9.17) is 4.74 Å². The quantitative estimate of drug-likeness (QED) is 0.528. The predicted molar refractivity (Wildman–Crippen MR) is 97.3 cm³/mol. The van der Waals surface area contributed by atoms with Crippen molar-refractivity contribution in [3.8, 4) is 17.6 Å². The summed E-state index contributed by atoms with van der Waals surface area (Å²) in [6, 6.07) is 16.0. The number of aromatic amines is 1. The fourth-order valence-electron chi connectivity index (χ4n) is 2.96. The smallest absolute Gasteiger partial charge is 0.136 e. The molecule has 0 saturated carbocycles. The highest BCUT2D eigenvalue weighted by atomic mass is 16.5. The van der Waals surface area contributed by atoms with Crippen LogP contribution in [0.15, 0.2) is 54.7 Å². The Labute approximate surface area is 140 Å². The van der Waals surface area contributed by atoms with Crippen LogP contribution < -0.4 is 4.74 Å². The third-order valence-corrected chi connectivity index (χ3v) is 4.17. The van der Waals surface area contributed by atoms with Crippen LogP contribution in [0.25, 0.3) is 21.8 Å². The molecule has 24 heavy (non-hydrogen) atoms. The molecule has 1 N–H and O–H groups in total. The normalized spacial score (nSPS) is 10.6. The van der Waals surface area contributed by atoms with Crippen LogP contribution in [-0.2, 0) is 0 Å². The van der Waals surface area contributed by atoms with Gasteiger partial charge in [0.2, 0.25) is 0 Å². The van der Waals surface area contributed by atoms with Gasteiger partial charge in [0.15, 0.2) is 0 Å². The molecule has 0 aliphatic rings. The number of ether oxygens (including phenoxy) is 1. The minimum absolute atomic E-state index is 0.767. The Bertz CT molecular complexity index is 1100. The second-order valence-corrected chi connectivity index (χ2v) is 5.63. The van der Waals surface area contributed by atoms with Gasteiger partial charge in [-0.25, -0.2) is 0 Å². The highest BCUT2D eigenvalue weighted by Crippen LogP contribution is 2.33. The molecule has 0 aliphatic heterocycles. The van der Waals surface area contributed by atoms with Crippen molar-refractivity contribution in [3.63, 3.8) is 0 Å². The summed E-state index contributed by atoms with van der Waals surface area (Å²) >= 11 is 0. The van der Waals surface area contributed by atoms with Crippen LogP contribution >= 0.6 is 0 Å². The van der Waals surface area contributed by atoms with Crippen LogP contribution in [0.2, 0.25) is 0 Å². The number of hydrogen-bond donors (Lipinski definition) is 1. The van der Waals surface area contributed by atoms with Crippen LogP contribution in [0.4, 0.5) is 0 Å². The Morgan fingerprint density at radius 1 is 0.917 bits per heavy atom. The molecular weight excluding hydrogens is 296 g/mol. The number of nitrogens with zero attached hydrogens (tertiary/aromatic N) is 1. The fourth-order valence-corrected chi connectivity index (χ4v) is 2.96. The Kier molecular flexibility index (Phi) is 3.44. The van der Waals surface area contributed by atoms with Gasteiger partial charge in [-0.2, -0.15) is 0 Å². The lowest BCUT2D eigenvalue weighted by Gasteiger charge is -2.04. The van der Waals surface area contributed by atoms with Crippen molar-refractivity contribution in [1.29, 1.82) is 0 Å². The summed E-state index contributed by atoms with van der Waals surface area (Å²) in [5.74, 6) is 7.27. The highest BCUT2D eigenvalue weighted by Gasteiger charge is 2.12. The molecule has 3 heteroatoms. The molecule has 0 unspecified atom stereocenters. The second-order valence-electron chi connectivity index (χ2n) is 5.63. The molecule has 0 amide bonds. The van der Waals surface area contributed by atoms with E-state index in [2.05, 4.69) is 27.9 Å². The maximum absolute atomic E-state index is 5.53. The maximum Gasteiger partial charge on any atom is 0.136 e. The van der Waals surface area contributed by atoms with Crippen molar-refractivity contribution < 1.29 is 4.74 Å². The molecule has 3 nitrogen and oxygen atoms in total. The molecule has 0 radical (unpaired) electrons. The topological polar surface area (TPSA) is 37.9 Å². The zero-order chi connectivity index (χ0) is 16.5. The number of nitrogens with one attached hydrogen (secondary N) is 1. The summed E-state index contributed by atoms with van der Waals surface area (Å²) < 4.78 is 5.53. The number of H-pyrrole nitrogens is 1. The first-order valence-corrected chi connectivity index (χ1v) is 7.79. The van der Waals surface area contributed by atoms with Gasteiger partial charge in [-0.1, -0.05) is 30.0 Å². The van der Waals surface area contributed by atoms with Crippen molar-refractivity contribution in [3.05, 3.63) is 71.5 Å². The largest absolute Gasteiger partial charge is 0.495 e. The molecule has 0 atom stereocenters. The number of benzene rings is 2. The molecule has 0 saturated heterocycles. The molecule has 2 aromatic heterocycles. The summed E-state index contributed by atoms with van der Waals surface area (Å²) in [4.78, 5) is 7.85. The molecule has 0 fully saturated rings. The van der Waals surface area contributed by atoms with Crippen molar-refractivity contribution in [2.24, 2.45) is 0 Å². The standard InChI is InChI=1S/C21H16N2O/c1-14-20-17(12-13-22-14)16-10-11-19(24-2)18(21(16)23-20)9-8-15-6-4-3-5-7-15/h3-7,10-13,23H,1-2H3. The van der Waals surface area contributed by atoms with E-state index in [0.29, 0.717) is 0 Å². The van der Waals surface area contributed by atoms with Gasteiger partial charge in [-0.15, -0.1) is 0 Å². The van der Waals surface area contributed by atoms with E-state index >= 15 is 0 Å². The minimum Gasteiger partial charge on any atom is -0.495 e. The monoisotopic (exact) mass is 312 g/mol. The Hall–Kier alpha value is -3.25. The van der Waals surface area contributed by atoms with Crippen molar-refractivity contribution in [1.82, 2.24) is 9.97 Å². The average molecular weight is 312 g/mol. The van der Waals surface area contributed by atoms with E-state index in [0.717, 1.165) is 44.4 Å². The number of rotatable bonds is 1. The van der Waals surface area contributed by atoms with Gasteiger partial charge in [0.1, 0.15) is 5.75 Å². The Morgan fingerprint density at radius 2 is 1.71 bits per heavy atom. The van der Waals surface area contributed by atoms with Crippen molar-refractivity contribution >= 4 is 21.8 Å². The van der Waals surface area contributed by atoms with Gasteiger partial charge in [-0.3, -0.25) is 4.98 Å². The van der Waals surface area contributed by atoms with Crippen LogP contribution in [0.5, 0.6) is 5.75 Å². The van der Waals surface area contributed by atoms with Crippen molar-refractivity contribution in [2.75, 3.05) is 7.11 Å². The summed E-state index contributed by atoms with van der Waals surface area (Å²) in [7, 11) is 1.67. The molecule has 0 spiro atoms. The first-order chi connectivity index (χ1) is 11.8. The molecule has 4 aromatic rings. The van der Waals surface area contributed by atoms with Crippen LogP contribution in [0.3, 0.4) is 0 Å². The van der Waals surface area contributed by atoms with Gasteiger partial charge in [-0.05, 0) is 37.3 Å². The van der Waals surface area contributed by atoms with Crippen LogP contribution in [0.1, 0.15) is 16.8 Å². The van der Waals surface area contributed by atoms with Gasteiger partial charge in [0.05, 0.1) is 29.4 Å². The number of aryl methyl sites for hydroxylation is 1. The summed E-state index contributed by atoms with van der Waals surface area (Å²) in [6.45, 7) is 2.00. The van der Waals surface area contributed by atoms with E-state index in [1.165, 1.54) is 0 Å². The molecule has 2 aromatic carbocycles. The lowest BCUT2D eigenvalue weighted by Crippen LogP contribution is -1.89. The van der Waals surface area contributed by atoms with E-state index < -0.39 is 0 Å². The minimum atomic E-state index is 0.767. The molecule has 116 valence electrons. The molecular formula is C21H16N2O.